The average molecular weight is 219 g/mol. The van der Waals surface area contributed by atoms with E-state index in [2.05, 4.69) is 16.6 Å². The molecule has 4 heteroatoms. The number of nitrogens with two attached hydrogens (primary N) is 1. The minimum Gasteiger partial charge on any atom is -0.459 e. The molecule has 2 N–H and O–H groups in total. The second-order valence-corrected chi connectivity index (χ2v) is 3.13. The van der Waals surface area contributed by atoms with Crippen LogP contribution >= 0.6 is 12.2 Å². The molecule has 0 fully saturated rings. The number of carbonyl (C=O) groups excluding carboxylic acids is 1. The van der Waals surface area contributed by atoms with Crippen LogP contribution in [0.25, 0.3) is 0 Å². The van der Waals surface area contributed by atoms with Gasteiger partial charge in [0.05, 0.1) is 7.11 Å². The maximum absolute atomic E-state index is 10.8. The van der Waals surface area contributed by atoms with Crippen LogP contribution in [0.5, 0.6) is 0 Å². The van der Waals surface area contributed by atoms with Gasteiger partial charge in [0.25, 0.3) is 0 Å². The summed E-state index contributed by atoms with van der Waals surface area (Å²) in [5, 5.41) is 0. The van der Waals surface area contributed by atoms with Gasteiger partial charge in [-0.15, -0.1) is 0 Å². The van der Waals surface area contributed by atoms with Crippen molar-refractivity contribution in [2.24, 2.45) is 5.73 Å². The first kappa shape index (κ1) is 11.2. The molecule has 76 valence electrons. The Morgan fingerprint density at radius 1 is 1.53 bits per heavy atom. The van der Waals surface area contributed by atoms with Crippen LogP contribution in [0.3, 0.4) is 0 Å². The van der Waals surface area contributed by atoms with Crippen LogP contribution in [0.15, 0.2) is 24.3 Å². The van der Waals surface area contributed by atoms with E-state index in [1.54, 1.807) is 24.3 Å². The van der Waals surface area contributed by atoms with Crippen molar-refractivity contribution in [2.45, 2.75) is 0 Å². The number of hydrogen-bond donors (Lipinski definition) is 1. The molecule has 0 aliphatic carbocycles. The lowest BCUT2D eigenvalue weighted by molar-refractivity contribution is -0.133. The summed E-state index contributed by atoms with van der Waals surface area (Å²) >= 11 is 4.82. The zero-order valence-corrected chi connectivity index (χ0v) is 8.93. The number of carbonyl (C=O) groups is 1. The van der Waals surface area contributed by atoms with Crippen LogP contribution in [0.1, 0.15) is 11.1 Å². The summed E-state index contributed by atoms with van der Waals surface area (Å²) < 4.78 is 4.39. The molecule has 3 nitrogen and oxygen atoms in total. The number of methoxy groups -OCH3 is 1. The number of hydrogen-bond acceptors (Lipinski definition) is 3. The summed E-state index contributed by atoms with van der Waals surface area (Å²) in [7, 11) is 1.28. The number of benzene rings is 1. The monoisotopic (exact) mass is 219 g/mol. The van der Waals surface area contributed by atoms with Crippen molar-refractivity contribution in [3.63, 3.8) is 0 Å². The standard InChI is InChI=1S/C11H9NO2S/c1-14-10(13)6-5-8-3-2-4-9(7-8)11(12)15/h2-4,7H,1H3,(H2,12,15). The van der Waals surface area contributed by atoms with E-state index in [1.807, 2.05) is 0 Å². The Bertz CT molecular complexity index is 457. The topological polar surface area (TPSA) is 52.3 Å². The second kappa shape index (κ2) is 5.13. The van der Waals surface area contributed by atoms with Gasteiger partial charge >= 0.3 is 5.97 Å². The van der Waals surface area contributed by atoms with Gasteiger partial charge in [0.15, 0.2) is 0 Å². The Morgan fingerprint density at radius 3 is 2.87 bits per heavy atom. The summed E-state index contributed by atoms with van der Waals surface area (Å²) in [5.74, 6) is 4.40. The molecule has 0 saturated heterocycles. The van der Waals surface area contributed by atoms with Crippen LogP contribution in [0.4, 0.5) is 0 Å². The largest absolute Gasteiger partial charge is 0.459 e. The van der Waals surface area contributed by atoms with Crippen LogP contribution in [0.2, 0.25) is 0 Å². The quantitative estimate of drug-likeness (QED) is 0.432. The molecule has 0 unspecified atom stereocenters. The Hall–Kier alpha value is -1.86. The third kappa shape index (κ3) is 3.41. The van der Waals surface area contributed by atoms with Gasteiger partial charge in [0, 0.05) is 17.0 Å². The molecule has 1 rings (SSSR count). The third-order valence-corrected chi connectivity index (χ3v) is 1.88. The van der Waals surface area contributed by atoms with Crippen molar-refractivity contribution in [1.82, 2.24) is 0 Å². The van der Waals surface area contributed by atoms with E-state index in [-0.39, 0.29) is 0 Å². The molecule has 0 aliphatic heterocycles. The first-order chi connectivity index (χ1) is 7.13. The SMILES string of the molecule is COC(=O)C#Cc1cccc(C(N)=S)c1. The van der Waals surface area contributed by atoms with Crippen molar-refractivity contribution in [1.29, 1.82) is 0 Å². The molecular weight excluding hydrogens is 210 g/mol. The number of rotatable bonds is 1. The number of thiocarbonyl (C=S) groups is 1. The van der Waals surface area contributed by atoms with Gasteiger partial charge in [0.1, 0.15) is 4.99 Å². The molecular formula is C11H9NO2S. The van der Waals surface area contributed by atoms with E-state index in [1.165, 1.54) is 7.11 Å². The van der Waals surface area contributed by atoms with E-state index < -0.39 is 5.97 Å². The van der Waals surface area contributed by atoms with E-state index in [4.69, 9.17) is 18.0 Å². The molecule has 0 heterocycles. The van der Waals surface area contributed by atoms with Gasteiger partial charge in [-0.25, -0.2) is 4.79 Å². The minimum atomic E-state index is -0.573. The predicted octanol–water partition coefficient (Wildman–Crippen LogP) is 0.845. The first-order valence-electron chi connectivity index (χ1n) is 4.13. The smallest absolute Gasteiger partial charge is 0.384 e. The molecule has 0 saturated carbocycles. The second-order valence-electron chi connectivity index (χ2n) is 2.69. The Kier molecular flexibility index (Phi) is 3.83. The molecule has 0 spiro atoms. The highest BCUT2D eigenvalue weighted by atomic mass is 32.1. The first-order valence-corrected chi connectivity index (χ1v) is 4.54. The van der Waals surface area contributed by atoms with Crippen LogP contribution in [0, 0.1) is 11.8 Å². The van der Waals surface area contributed by atoms with E-state index in [0.717, 1.165) is 5.56 Å². The average Bonchev–Trinajstić information content (AvgIpc) is 2.26. The lowest BCUT2D eigenvalue weighted by atomic mass is 10.1. The lowest BCUT2D eigenvalue weighted by Gasteiger charge is -1.97. The fourth-order valence-electron chi connectivity index (χ4n) is 0.924. The van der Waals surface area contributed by atoms with Gasteiger partial charge in [-0.05, 0) is 12.1 Å². The molecule has 1 aromatic carbocycles. The fourth-order valence-corrected chi connectivity index (χ4v) is 1.05. The van der Waals surface area contributed by atoms with Crippen LogP contribution < -0.4 is 5.73 Å². The normalized spacial score (nSPS) is 8.60. The van der Waals surface area contributed by atoms with E-state index in [9.17, 15) is 4.79 Å². The van der Waals surface area contributed by atoms with Crippen molar-refractivity contribution in [3.05, 3.63) is 35.4 Å². The van der Waals surface area contributed by atoms with Crippen LogP contribution in [-0.4, -0.2) is 18.1 Å². The maximum atomic E-state index is 10.8. The lowest BCUT2D eigenvalue weighted by Crippen LogP contribution is -2.09. The van der Waals surface area contributed by atoms with Crippen molar-refractivity contribution in [2.75, 3.05) is 7.11 Å². The molecule has 0 aromatic heterocycles. The van der Waals surface area contributed by atoms with E-state index in [0.29, 0.717) is 10.6 Å². The van der Waals surface area contributed by atoms with E-state index >= 15 is 0 Å². The molecule has 15 heavy (non-hydrogen) atoms. The van der Waals surface area contributed by atoms with Gasteiger partial charge in [-0.1, -0.05) is 30.3 Å². The maximum Gasteiger partial charge on any atom is 0.384 e. The molecule has 0 amide bonds. The summed E-state index contributed by atoms with van der Waals surface area (Å²) in [6, 6.07) is 7.04. The fraction of sp³-hybridized carbons (Fsp3) is 0.0909. The van der Waals surface area contributed by atoms with Crippen molar-refractivity contribution in [3.8, 4) is 11.8 Å². The zero-order chi connectivity index (χ0) is 11.3. The van der Waals surface area contributed by atoms with Crippen molar-refractivity contribution >= 4 is 23.2 Å². The molecule has 0 aliphatic rings. The predicted molar refractivity (Wildman–Crippen MR) is 61.2 cm³/mol. The molecule has 1 aromatic rings. The van der Waals surface area contributed by atoms with Gasteiger partial charge in [-0.2, -0.15) is 0 Å². The summed E-state index contributed by atoms with van der Waals surface area (Å²) in [4.78, 5) is 11.1. The highest BCUT2D eigenvalue weighted by Crippen LogP contribution is 2.03. The van der Waals surface area contributed by atoms with Crippen molar-refractivity contribution < 1.29 is 9.53 Å². The van der Waals surface area contributed by atoms with Gasteiger partial charge < -0.3 is 10.5 Å². The molecule has 0 bridgehead atoms. The molecule has 0 radical (unpaired) electrons. The summed E-state index contributed by atoms with van der Waals surface area (Å²) in [5.41, 5.74) is 6.85. The highest BCUT2D eigenvalue weighted by Gasteiger charge is 1.96. The Balaban J connectivity index is 2.95. The van der Waals surface area contributed by atoms with Gasteiger partial charge in [0.2, 0.25) is 0 Å². The van der Waals surface area contributed by atoms with Crippen LogP contribution in [-0.2, 0) is 9.53 Å². The summed E-state index contributed by atoms with van der Waals surface area (Å²) in [6.45, 7) is 0. The highest BCUT2D eigenvalue weighted by molar-refractivity contribution is 7.80. The summed E-state index contributed by atoms with van der Waals surface area (Å²) in [6.07, 6.45) is 0. The minimum absolute atomic E-state index is 0.303. The molecule has 0 atom stereocenters. The Labute approximate surface area is 93.2 Å². The zero-order valence-electron chi connectivity index (χ0n) is 8.11. The van der Waals surface area contributed by atoms with Gasteiger partial charge in [-0.3, -0.25) is 0 Å². The third-order valence-electron chi connectivity index (χ3n) is 1.64. The number of esters is 1. The Morgan fingerprint density at radius 2 is 2.27 bits per heavy atom. The number of ether oxygens (including phenoxy) is 1.